The van der Waals surface area contributed by atoms with Gasteiger partial charge < -0.3 is 0 Å². The second kappa shape index (κ2) is 4.80. The molecule has 0 unspecified atom stereocenters. The third-order valence-corrected chi connectivity index (χ3v) is 2.70. The van der Waals surface area contributed by atoms with Crippen LogP contribution in [0, 0.1) is 11.3 Å². The Hall–Kier alpha value is -2.14. The average Bonchev–Trinajstić information content (AvgIpc) is 2.39. The lowest BCUT2D eigenvalue weighted by Gasteiger charge is -2.07. The smallest absolute Gasteiger partial charge is 0.0991 e. The predicted octanol–water partition coefficient (Wildman–Crippen LogP) is 3.74. The molecule has 17 heavy (non-hydrogen) atoms. The number of hydrogen-bond acceptors (Lipinski definition) is 2. The van der Waals surface area contributed by atoms with Crippen LogP contribution < -0.4 is 0 Å². The van der Waals surface area contributed by atoms with Gasteiger partial charge in [0.15, 0.2) is 0 Å². The Labute approximate surface area is 102 Å². The van der Waals surface area contributed by atoms with Crippen LogP contribution >= 0.6 is 0 Å². The van der Waals surface area contributed by atoms with Gasteiger partial charge in [-0.15, -0.1) is 0 Å². The topological polar surface area (TPSA) is 36.7 Å². The maximum Gasteiger partial charge on any atom is 0.0991 e. The molecule has 2 heteroatoms. The van der Waals surface area contributed by atoms with Gasteiger partial charge in [-0.2, -0.15) is 5.26 Å². The number of nitriles is 1. The van der Waals surface area contributed by atoms with Gasteiger partial charge in [0.2, 0.25) is 0 Å². The molecule has 2 nitrogen and oxygen atoms in total. The molecule has 1 aromatic carbocycles. The van der Waals surface area contributed by atoms with E-state index in [4.69, 9.17) is 5.26 Å². The van der Waals surface area contributed by atoms with Gasteiger partial charge in [0.1, 0.15) is 0 Å². The lowest BCUT2D eigenvalue weighted by molar-refractivity contribution is 0.823. The van der Waals surface area contributed by atoms with E-state index < -0.39 is 0 Å². The van der Waals surface area contributed by atoms with Crippen molar-refractivity contribution in [2.75, 3.05) is 0 Å². The Kier molecular flexibility index (Phi) is 3.20. The monoisotopic (exact) mass is 222 g/mol. The van der Waals surface area contributed by atoms with Crippen LogP contribution in [0.2, 0.25) is 0 Å². The Balaban J connectivity index is 2.46. The Morgan fingerprint density at radius 2 is 1.88 bits per heavy atom. The predicted molar refractivity (Wildman–Crippen MR) is 68.5 cm³/mol. The summed E-state index contributed by atoms with van der Waals surface area (Å²) in [5, 5.41) is 8.89. The SMILES string of the molecule is CC(C)c1cc(-c2cccc(C#N)c2)ccn1. The highest BCUT2D eigenvalue weighted by Crippen LogP contribution is 2.23. The summed E-state index contributed by atoms with van der Waals surface area (Å²) in [6, 6.07) is 13.9. The minimum Gasteiger partial charge on any atom is -0.261 e. The first-order valence-electron chi connectivity index (χ1n) is 5.67. The van der Waals surface area contributed by atoms with Crippen molar-refractivity contribution in [3.63, 3.8) is 0 Å². The molecule has 0 bridgehead atoms. The minimum absolute atomic E-state index is 0.411. The van der Waals surface area contributed by atoms with E-state index in [1.165, 1.54) is 0 Å². The van der Waals surface area contributed by atoms with Gasteiger partial charge >= 0.3 is 0 Å². The lowest BCUT2D eigenvalue weighted by atomic mass is 10.0. The standard InChI is InChI=1S/C15H14N2/c1-11(2)15-9-14(6-7-17-15)13-5-3-4-12(8-13)10-16/h3-9,11H,1-2H3. The molecule has 0 saturated carbocycles. The van der Waals surface area contributed by atoms with E-state index in [-0.39, 0.29) is 0 Å². The van der Waals surface area contributed by atoms with E-state index in [1.807, 2.05) is 36.5 Å². The fraction of sp³-hybridized carbons (Fsp3) is 0.200. The molecule has 0 aliphatic rings. The summed E-state index contributed by atoms with van der Waals surface area (Å²) < 4.78 is 0. The number of rotatable bonds is 2. The first-order chi connectivity index (χ1) is 8.20. The van der Waals surface area contributed by atoms with Gasteiger partial charge in [-0.25, -0.2) is 0 Å². The molecule has 0 atom stereocenters. The number of pyridine rings is 1. The van der Waals surface area contributed by atoms with Gasteiger partial charge in [-0.1, -0.05) is 26.0 Å². The maximum absolute atomic E-state index is 8.89. The van der Waals surface area contributed by atoms with Gasteiger partial charge in [0.25, 0.3) is 0 Å². The molecule has 0 radical (unpaired) electrons. The molecule has 0 fully saturated rings. The molecule has 2 rings (SSSR count). The quantitative estimate of drug-likeness (QED) is 0.776. The Bertz CT molecular complexity index is 565. The van der Waals surface area contributed by atoms with Crippen molar-refractivity contribution < 1.29 is 0 Å². The minimum atomic E-state index is 0.411. The third kappa shape index (κ3) is 2.51. The molecule has 1 heterocycles. The number of aromatic nitrogens is 1. The fourth-order valence-corrected chi connectivity index (χ4v) is 1.71. The molecule has 0 amide bonds. The summed E-state index contributed by atoms with van der Waals surface area (Å²) in [5.41, 5.74) is 3.93. The zero-order valence-electron chi connectivity index (χ0n) is 10.0. The van der Waals surface area contributed by atoms with Crippen molar-refractivity contribution in [3.05, 3.63) is 53.9 Å². The zero-order valence-corrected chi connectivity index (χ0v) is 10.0. The highest BCUT2D eigenvalue weighted by Gasteiger charge is 2.04. The largest absolute Gasteiger partial charge is 0.261 e. The van der Waals surface area contributed by atoms with E-state index in [0.29, 0.717) is 11.5 Å². The second-order valence-corrected chi connectivity index (χ2v) is 4.32. The van der Waals surface area contributed by atoms with Gasteiger partial charge in [-0.05, 0) is 41.3 Å². The van der Waals surface area contributed by atoms with Crippen molar-refractivity contribution >= 4 is 0 Å². The van der Waals surface area contributed by atoms with Crippen LogP contribution in [0.1, 0.15) is 31.0 Å². The van der Waals surface area contributed by atoms with Crippen LogP contribution in [0.25, 0.3) is 11.1 Å². The van der Waals surface area contributed by atoms with Crippen LogP contribution in [0.3, 0.4) is 0 Å². The summed E-state index contributed by atoms with van der Waals surface area (Å²) in [4.78, 5) is 4.34. The highest BCUT2D eigenvalue weighted by molar-refractivity contribution is 5.65. The molecule has 84 valence electrons. The number of benzene rings is 1. The van der Waals surface area contributed by atoms with Crippen molar-refractivity contribution in [3.8, 4) is 17.2 Å². The number of hydrogen-bond donors (Lipinski definition) is 0. The Morgan fingerprint density at radius 1 is 1.12 bits per heavy atom. The van der Waals surface area contributed by atoms with Crippen molar-refractivity contribution in [2.24, 2.45) is 0 Å². The second-order valence-electron chi connectivity index (χ2n) is 4.32. The Morgan fingerprint density at radius 3 is 2.59 bits per heavy atom. The molecule has 0 spiro atoms. The first kappa shape index (κ1) is 11.3. The number of nitrogens with zero attached hydrogens (tertiary/aromatic N) is 2. The highest BCUT2D eigenvalue weighted by atomic mass is 14.7. The van der Waals surface area contributed by atoms with Crippen LogP contribution in [0.5, 0.6) is 0 Å². The summed E-state index contributed by atoms with van der Waals surface area (Å²) in [5.74, 6) is 0.411. The summed E-state index contributed by atoms with van der Waals surface area (Å²) >= 11 is 0. The molecule has 0 aliphatic carbocycles. The fourth-order valence-electron chi connectivity index (χ4n) is 1.71. The van der Waals surface area contributed by atoms with E-state index in [9.17, 15) is 0 Å². The van der Waals surface area contributed by atoms with E-state index in [0.717, 1.165) is 16.8 Å². The van der Waals surface area contributed by atoms with Gasteiger partial charge in [0, 0.05) is 11.9 Å². The lowest BCUT2D eigenvalue weighted by Crippen LogP contribution is -1.92. The van der Waals surface area contributed by atoms with Crippen molar-refractivity contribution in [1.82, 2.24) is 4.98 Å². The van der Waals surface area contributed by atoms with Crippen LogP contribution in [-0.2, 0) is 0 Å². The summed E-state index contributed by atoms with van der Waals surface area (Å²) in [6.07, 6.45) is 1.82. The van der Waals surface area contributed by atoms with Gasteiger partial charge in [-0.3, -0.25) is 4.98 Å². The molecular formula is C15H14N2. The van der Waals surface area contributed by atoms with Crippen LogP contribution in [0.4, 0.5) is 0 Å². The first-order valence-corrected chi connectivity index (χ1v) is 5.67. The molecule has 0 N–H and O–H groups in total. The third-order valence-electron chi connectivity index (χ3n) is 2.70. The van der Waals surface area contributed by atoms with E-state index >= 15 is 0 Å². The molecule has 2 aromatic rings. The van der Waals surface area contributed by atoms with Crippen LogP contribution in [0.15, 0.2) is 42.6 Å². The van der Waals surface area contributed by atoms with Gasteiger partial charge in [0.05, 0.1) is 11.6 Å². The van der Waals surface area contributed by atoms with Crippen LogP contribution in [-0.4, -0.2) is 4.98 Å². The molecule has 1 aromatic heterocycles. The normalized spacial score (nSPS) is 10.2. The van der Waals surface area contributed by atoms with Crippen molar-refractivity contribution in [1.29, 1.82) is 5.26 Å². The summed E-state index contributed by atoms with van der Waals surface area (Å²) in [6.45, 7) is 4.25. The van der Waals surface area contributed by atoms with E-state index in [2.05, 4.69) is 31.0 Å². The summed E-state index contributed by atoms with van der Waals surface area (Å²) in [7, 11) is 0. The molecule has 0 saturated heterocycles. The average molecular weight is 222 g/mol. The zero-order chi connectivity index (χ0) is 12.3. The van der Waals surface area contributed by atoms with E-state index in [1.54, 1.807) is 0 Å². The molecular weight excluding hydrogens is 208 g/mol. The van der Waals surface area contributed by atoms with Crippen molar-refractivity contribution in [2.45, 2.75) is 19.8 Å². The maximum atomic E-state index is 8.89. The molecule has 0 aliphatic heterocycles.